The van der Waals surface area contributed by atoms with Crippen LogP contribution in [-0.4, -0.2) is 50.2 Å². The molecule has 0 bridgehead atoms. The van der Waals surface area contributed by atoms with Crippen LogP contribution in [0.5, 0.6) is 11.5 Å². The van der Waals surface area contributed by atoms with Crippen molar-refractivity contribution >= 4 is 18.3 Å². The first kappa shape index (κ1) is 17.6. The molecule has 0 spiro atoms. The lowest BCUT2D eigenvalue weighted by Crippen LogP contribution is -2.56. The number of carbonyl (C=O) groups excluding carboxylic acids is 1. The van der Waals surface area contributed by atoms with E-state index >= 15 is 0 Å². The minimum Gasteiger partial charge on any atom is -0.493 e. The molecular formula is C15H23ClN2O3. The van der Waals surface area contributed by atoms with Crippen molar-refractivity contribution in [3.63, 3.8) is 0 Å². The summed E-state index contributed by atoms with van der Waals surface area (Å²) in [5.41, 5.74) is 0.628. The molecule has 0 aromatic heterocycles. The highest BCUT2D eigenvalue weighted by atomic mass is 35.5. The minimum absolute atomic E-state index is 0. The van der Waals surface area contributed by atoms with Crippen molar-refractivity contribution in [2.75, 3.05) is 27.3 Å². The molecule has 0 radical (unpaired) electrons. The van der Waals surface area contributed by atoms with Crippen molar-refractivity contribution in [3.8, 4) is 11.5 Å². The molecule has 1 saturated heterocycles. The molecular weight excluding hydrogens is 292 g/mol. The van der Waals surface area contributed by atoms with Crippen LogP contribution in [0.1, 0.15) is 24.2 Å². The smallest absolute Gasteiger partial charge is 0.254 e. The van der Waals surface area contributed by atoms with Crippen LogP contribution in [0.3, 0.4) is 0 Å². The summed E-state index contributed by atoms with van der Waals surface area (Å²) >= 11 is 0. The lowest BCUT2D eigenvalue weighted by molar-refractivity contribution is 0.0616. The Morgan fingerprint density at radius 1 is 1.24 bits per heavy atom. The molecule has 2 atom stereocenters. The van der Waals surface area contributed by atoms with Gasteiger partial charge in [0.1, 0.15) is 0 Å². The number of nitrogens with zero attached hydrogens (tertiary/aromatic N) is 1. The van der Waals surface area contributed by atoms with E-state index in [1.54, 1.807) is 32.4 Å². The van der Waals surface area contributed by atoms with Crippen LogP contribution in [0.2, 0.25) is 0 Å². The fraction of sp³-hybridized carbons (Fsp3) is 0.533. The first-order valence-electron chi connectivity index (χ1n) is 6.83. The van der Waals surface area contributed by atoms with E-state index in [1.807, 2.05) is 4.90 Å². The van der Waals surface area contributed by atoms with E-state index in [4.69, 9.17) is 9.47 Å². The summed E-state index contributed by atoms with van der Waals surface area (Å²) in [6.07, 6.45) is 0. The van der Waals surface area contributed by atoms with Crippen LogP contribution in [0.25, 0.3) is 0 Å². The Morgan fingerprint density at radius 3 is 2.52 bits per heavy atom. The Labute approximate surface area is 132 Å². The van der Waals surface area contributed by atoms with Crippen molar-refractivity contribution in [2.45, 2.75) is 25.9 Å². The van der Waals surface area contributed by atoms with Gasteiger partial charge in [-0.05, 0) is 32.0 Å². The maximum absolute atomic E-state index is 12.6. The van der Waals surface area contributed by atoms with Gasteiger partial charge in [-0.2, -0.15) is 0 Å². The van der Waals surface area contributed by atoms with E-state index in [0.717, 1.165) is 6.54 Å². The quantitative estimate of drug-likeness (QED) is 0.926. The van der Waals surface area contributed by atoms with Gasteiger partial charge in [0.2, 0.25) is 0 Å². The van der Waals surface area contributed by atoms with E-state index < -0.39 is 0 Å². The molecule has 6 heteroatoms. The van der Waals surface area contributed by atoms with Crippen LogP contribution in [-0.2, 0) is 0 Å². The third-order valence-electron chi connectivity index (χ3n) is 3.66. The molecule has 5 nitrogen and oxygen atoms in total. The van der Waals surface area contributed by atoms with Gasteiger partial charge in [-0.15, -0.1) is 12.4 Å². The first-order valence-corrected chi connectivity index (χ1v) is 6.83. The Balaban J connectivity index is 0.00000220. The Bertz CT molecular complexity index is 496. The standard InChI is InChI=1S/C15H22N2O3.ClH/c1-10-9-17(11(2)8-16-10)15(18)12-5-6-13(19-3)14(7-12)20-4;/h5-7,10-11,16H,8-9H2,1-4H3;1H. The van der Waals surface area contributed by atoms with Gasteiger partial charge in [-0.1, -0.05) is 0 Å². The number of hydrogen-bond donors (Lipinski definition) is 1. The van der Waals surface area contributed by atoms with Gasteiger partial charge >= 0.3 is 0 Å². The van der Waals surface area contributed by atoms with Gasteiger partial charge in [-0.25, -0.2) is 0 Å². The molecule has 1 aromatic carbocycles. The average Bonchev–Trinajstić information content (AvgIpc) is 2.48. The zero-order valence-electron chi connectivity index (χ0n) is 12.9. The summed E-state index contributed by atoms with van der Waals surface area (Å²) in [4.78, 5) is 14.5. The van der Waals surface area contributed by atoms with Gasteiger partial charge in [0.05, 0.1) is 14.2 Å². The molecule has 1 amide bonds. The number of nitrogens with one attached hydrogen (secondary N) is 1. The topological polar surface area (TPSA) is 50.8 Å². The second-order valence-corrected chi connectivity index (χ2v) is 5.19. The Kier molecular flexibility index (Phi) is 6.30. The largest absolute Gasteiger partial charge is 0.493 e. The number of hydrogen-bond acceptors (Lipinski definition) is 4. The van der Waals surface area contributed by atoms with Gasteiger partial charge in [0.15, 0.2) is 11.5 Å². The van der Waals surface area contributed by atoms with Gasteiger partial charge in [-0.3, -0.25) is 4.79 Å². The summed E-state index contributed by atoms with van der Waals surface area (Å²) in [6.45, 7) is 5.67. The zero-order valence-corrected chi connectivity index (χ0v) is 13.7. The molecule has 2 rings (SSSR count). The summed E-state index contributed by atoms with van der Waals surface area (Å²) in [6, 6.07) is 5.79. The van der Waals surface area contributed by atoms with Crippen LogP contribution in [0.4, 0.5) is 0 Å². The molecule has 1 N–H and O–H groups in total. The summed E-state index contributed by atoms with van der Waals surface area (Å²) < 4.78 is 10.4. The van der Waals surface area contributed by atoms with Crippen molar-refractivity contribution in [3.05, 3.63) is 23.8 Å². The summed E-state index contributed by atoms with van der Waals surface area (Å²) in [5.74, 6) is 1.24. The highest BCUT2D eigenvalue weighted by Gasteiger charge is 2.27. The molecule has 1 aliphatic rings. The van der Waals surface area contributed by atoms with Gasteiger partial charge in [0, 0.05) is 30.7 Å². The van der Waals surface area contributed by atoms with Crippen LogP contribution in [0.15, 0.2) is 18.2 Å². The molecule has 0 saturated carbocycles. The van der Waals surface area contributed by atoms with Crippen molar-refractivity contribution in [2.24, 2.45) is 0 Å². The molecule has 1 fully saturated rings. The van der Waals surface area contributed by atoms with Gasteiger partial charge in [0.25, 0.3) is 5.91 Å². The molecule has 118 valence electrons. The number of ether oxygens (including phenoxy) is 2. The number of piperazine rings is 1. The molecule has 1 heterocycles. The third kappa shape index (κ3) is 3.80. The number of methoxy groups -OCH3 is 2. The average molecular weight is 315 g/mol. The van der Waals surface area contributed by atoms with E-state index in [1.165, 1.54) is 0 Å². The number of halogens is 1. The second kappa shape index (κ2) is 7.52. The van der Waals surface area contributed by atoms with Crippen LogP contribution >= 0.6 is 12.4 Å². The van der Waals surface area contributed by atoms with E-state index in [-0.39, 0.29) is 24.4 Å². The van der Waals surface area contributed by atoms with E-state index in [0.29, 0.717) is 29.6 Å². The highest BCUT2D eigenvalue weighted by Crippen LogP contribution is 2.28. The maximum Gasteiger partial charge on any atom is 0.254 e. The number of rotatable bonds is 3. The normalized spacial score (nSPS) is 21.4. The lowest BCUT2D eigenvalue weighted by Gasteiger charge is -2.37. The Hall–Kier alpha value is -1.46. The predicted octanol–water partition coefficient (Wildman–Crippen LogP) is 1.95. The Morgan fingerprint density at radius 2 is 1.90 bits per heavy atom. The summed E-state index contributed by atoms with van der Waals surface area (Å²) in [7, 11) is 3.15. The molecule has 2 unspecified atom stereocenters. The number of amides is 1. The lowest BCUT2D eigenvalue weighted by atomic mass is 10.1. The molecule has 0 aliphatic carbocycles. The second-order valence-electron chi connectivity index (χ2n) is 5.19. The first-order chi connectivity index (χ1) is 9.56. The SMILES string of the molecule is COc1ccc(C(=O)N2CC(C)NCC2C)cc1OC.Cl. The monoisotopic (exact) mass is 314 g/mol. The fourth-order valence-electron chi connectivity index (χ4n) is 2.44. The van der Waals surface area contributed by atoms with Crippen molar-refractivity contribution < 1.29 is 14.3 Å². The van der Waals surface area contributed by atoms with Crippen LogP contribution < -0.4 is 14.8 Å². The molecule has 1 aliphatic heterocycles. The van der Waals surface area contributed by atoms with E-state index in [2.05, 4.69) is 19.2 Å². The maximum atomic E-state index is 12.6. The predicted molar refractivity (Wildman–Crippen MR) is 84.8 cm³/mol. The van der Waals surface area contributed by atoms with E-state index in [9.17, 15) is 4.79 Å². The summed E-state index contributed by atoms with van der Waals surface area (Å²) in [5, 5.41) is 3.37. The molecule has 21 heavy (non-hydrogen) atoms. The van der Waals surface area contributed by atoms with Gasteiger partial charge < -0.3 is 19.7 Å². The minimum atomic E-state index is 0. The van der Waals surface area contributed by atoms with Crippen molar-refractivity contribution in [1.29, 1.82) is 0 Å². The number of carbonyl (C=O) groups is 1. The number of benzene rings is 1. The highest BCUT2D eigenvalue weighted by molar-refractivity contribution is 5.95. The fourth-order valence-corrected chi connectivity index (χ4v) is 2.44. The van der Waals surface area contributed by atoms with Crippen molar-refractivity contribution in [1.82, 2.24) is 10.2 Å². The molecule has 1 aromatic rings. The van der Waals surface area contributed by atoms with Crippen LogP contribution in [0, 0.1) is 0 Å². The third-order valence-corrected chi connectivity index (χ3v) is 3.66. The zero-order chi connectivity index (χ0) is 14.7.